The summed E-state index contributed by atoms with van der Waals surface area (Å²) in [6.45, 7) is 7.96. The molecule has 0 aromatic heterocycles. The van der Waals surface area contributed by atoms with E-state index in [4.69, 9.17) is 5.11 Å². The third-order valence-corrected chi connectivity index (χ3v) is 2.55. The maximum absolute atomic E-state index is 9.18. The van der Waals surface area contributed by atoms with Crippen molar-refractivity contribution in [2.75, 3.05) is 12.4 Å². The number of aromatic hydroxyl groups is 1. The minimum absolute atomic E-state index is 0.271. The molecule has 0 radical (unpaired) electrons. The van der Waals surface area contributed by atoms with Crippen LogP contribution in [0, 0.1) is 0 Å². The number of aliphatic hydroxyl groups excluding tert-OH is 1. The third-order valence-electron chi connectivity index (χ3n) is 2.55. The number of rotatable bonds is 5. The van der Waals surface area contributed by atoms with Crippen molar-refractivity contribution in [2.45, 2.75) is 26.3 Å². The van der Waals surface area contributed by atoms with Gasteiger partial charge in [-0.15, -0.1) is 0 Å². The maximum Gasteiger partial charge on any atom is 0.115 e. The summed E-state index contributed by atoms with van der Waals surface area (Å²) < 4.78 is 0. The number of phenolic OH excluding ortho intramolecular Hbond substituents is 1. The predicted molar refractivity (Wildman–Crippen MR) is 77.9 cm³/mol. The number of nitrogens with one attached hydrogen (secondary N) is 1. The Kier molecular flexibility index (Phi) is 8.41. The van der Waals surface area contributed by atoms with Crippen LogP contribution in [0.25, 0.3) is 0 Å². The van der Waals surface area contributed by atoms with Crippen LogP contribution in [-0.4, -0.2) is 23.4 Å². The zero-order valence-electron chi connectivity index (χ0n) is 11.4. The Labute approximate surface area is 109 Å². The lowest BCUT2D eigenvalue weighted by molar-refractivity contribution is 0.399. The number of phenols is 1. The van der Waals surface area contributed by atoms with E-state index < -0.39 is 0 Å². The Morgan fingerprint density at radius 3 is 2.33 bits per heavy atom. The number of allylic oxidation sites excluding steroid dienone is 2. The average Bonchev–Trinajstić information content (AvgIpc) is 2.41. The van der Waals surface area contributed by atoms with E-state index in [-0.39, 0.29) is 11.8 Å². The average molecular weight is 249 g/mol. The first-order valence-electron chi connectivity index (χ1n) is 5.99. The quantitative estimate of drug-likeness (QED) is 0.554. The third kappa shape index (κ3) is 5.55. The summed E-state index contributed by atoms with van der Waals surface area (Å²) in [6, 6.07) is 7.36. The van der Waals surface area contributed by atoms with Gasteiger partial charge in [-0.2, -0.15) is 0 Å². The lowest BCUT2D eigenvalue weighted by Crippen LogP contribution is -2.17. The summed E-state index contributed by atoms with van der Waals surface area (Å²) in [5.41, 5.74) is 2.32. The molecule has 1 rings (SSSR count). The van der Waals surface area contributed by atoms with Crippen molar-refractivity contribution in [1.82, 2.24) is 0 Å². The van der Waals surface area contributed by atoms with Gasteiger partial charge in [0.2, 0.25) is 0 Å². The monoisotopic (exact) mass is 249 g/mol. The molecule has 0 saturated carbocycles. The van der Waals surface area contributed by atoms with E-state index in [1.165, 1.54) is 5.57 Å². The lowest BCUT2D eigenvalue weighted by Gasteiger charge is -2.17. The Bertz CT molecular complexity index is 369. The van der Waals surface area contributed by atoms with Crippen LogP contribution in [0.5, 0.6) is 5.75 Å². The first-order chi connectivity index (χ1) is 8.67. The maximum atomic E-state index is 9.18. The van der Waals surface area contributed by atoms with Crippen LogP contribution in [0.3, 0.4) is 0 Å². The molecule has 0 bridgehead atoms. The second-order valence-corrected chi connectivity index (χ2v) is 3.74. The van der Waals surface area contributed by atoms with Gasteiger partial charge in [-0.3, -0.25) is 0 Å². The van der Waals surface area contributed by atoms with Crippen LogP contribution < -0.4 is 5.32 Å². The topological polar surface area (TPSA) is 52.5 Å². The molecule has 100 valence electrons. The SMILES string of the molecule is C=C/C=C(/CC)C(C)Nc1ccc(O)cc1.CO. The van der Waals surface area contributed by atoms with Gasteiger partial charge in [0.1, 0.15) is 5.75 Å². The van der Waals surface area contributed by atoms with E-state index in [0.29, 0.717) is 0 Å². The second-order valence-electron chi connectivity index (χ2n) is 3.74. The summed E-state index contributed by atoms with van der Waals surface area (Å²) in [5.74, 6) is 0.288. The van der Waals surface area contributed by atoms with Crippen LogP contribution >= 0.6 is 0 Å². The highest BCUT2D eigenvalue weighted by Gasteiger charge is 2.05. The van der Waals surface area contributed by atoms with Crippen molar-refractivity contribution in [3.8, 4) is 5.75 Å². The second kappa shape index (κ2) is 9.31. The van der Waals surface area contributed by atoms with Gasteiger partial charge < -0.3 is 15.5 Å². The van der Waals surface area contributed by atoms with Crippen LogP contribution in [-0.2, 0) is 0 Å². The summed E-state index contributed by atoms with van der Waals surface area (Å²) >= 11 is 0. The Morgan fingerprint density at radius 2 is 1.89 bits per heavy atom. The molecule has 0 heterocycles. The van der Waals surface area contributed by atoms with E-state index in [9.17, 15) is 5.11 Å². The normalized spacial score (nSPS) is 12.1. The van der Waals surface area contributed by atoms with E-state index in [1.54, 1.807) is 12.1 Å². The highest BCUT2D eigenvalue weighted by atomic mass is 16.3. The largest absolute Gasteiger partial charge is 0.508 e. The molecule has 0 spiro atoms. The van der Waals surface area contributed by atoms with E-state index >= 15 is 0 Å². The summed E-state index contributed by atoms with van der Waals surface area (Å²) in [5, 5.41) is 19.6. The molecular formula is C15H23NO2. The molecular weight excluding hydrogens is 226 g/mol. The lowest BCUT2D eigenvalue weighted by atomic mass is 10.1. The molecule has 0 fully saturated rings. The van der Waals surface area contributed by atoms with Crippen molar-refractivity contribution >= 4 is 5.69 Å². The van der Waals surface area contributed by atoms with Gasteiger partial charge in [-0.05, 0) is 43.2 Å². The molecule has 0 saturated heterocycles. The number of anilines is 1. The van der Waals surface area contributed by atoms with E-state index in [1.807, 2.05) is 24.3 Å². The van der Waals surface area contributed by atoms with E-state index in [0.717, 1.165) is 19.2 Å². The molecule has 1 unspecified atom stereocenters. The first kappa shape index (κ1) is 16.3. The Hall–Kier alpha value is -1.74. The molecule has 3 nitrogen and oxygen atoms in total. The zero-order valence-corrected chi connectivity index (χ0v) is 11.4. The fraction of sp³-hybridized carbons (Fsp3) is 0.333. The van der Waals surface area contributed by atoms with Crippen molar-refractivity contribution in [3.63, 3.8) is 0 Å². The van der Waals surface area contributed by atoms with Gasteiger partial charge in [0.25, 0.3) is 0 Å². The molecule has 0 aliphatic carbocycles. The van der Waals surface area contributed by atoms with Gasteiger partial charge in [0.05, 0.1) is 0 Å². The fourth-order valence-electron chi connectivity index (χ4n) is 1.62. The summed E-state index contributed by atoms with van der Waals surface area (Å²) in [6.07, 6.45) is 4.85. The van der Waals surface area contributed by atoms with Crippen molar-refractivity contribution < 1.29 is 10.2 Å². The fourth-order valence-corrected chi connectivity index (χ4v) is 1.62. The Balaban J connectivity index is 0.00000137. The molecule has 1 aromatic rings. The molecule has 3 heteroatoms. The van der Waals surface area contributed by atoms with E-state index in [2.05, 4.69) is 25.7 Å². The molecule has 0 amide bonds. The van der Waals surface area contributed by atoms with Crippen molar-refractivity contribution in [2.24, 2.45) is 0 Å². The molecule has 18 heavy (non-hydrogen) atoms. The molecule has 3 N–H and O–H groups in total. The first-order valence-corrected chi connectivity index (χ1v) is 5.99. The van der Waals surface area contributed by atoms with Crippen LogP contribution in [0.1, 0.15) is 20.3 Å². The summed E-state index contributed by atoms with van der Waals surface area (Å²) in [7, 11) is 1.00. The predicted octanol–water partition coefficient (Wildman–Crippen LogP) is 3.32. The molecule has 1 atom stereocenters. The zero-order chi connectivity index (χ0) is 14.0. The summed E-state index contributed by atoms with van der Waals surface area (Å²) in [4.78, 5) is 0. The van der Waals surface area contributed by atoms with Crippen molar-refractivity contribution in [3.05, 3.63) is 48.6 Å². The van der Waals surface area contributed by atoms with Gasteiger partial charge in [-0.1, -0.05) is 25.7 Å². The van der Waals surface area contributed by atoms with Gasteiger partial charge >= 0.3 is 0 Å². The smallest absolute Gasteiger partial charge is 0.115 e. The number of hydrogen-bond acceptors (Lipinski definition) is 3. The Morgan fingerprint density at radius 1 is 1.33 bits per heavy atom. The molecule has 1 aromatic carbocycles. The minimum atomic E-state index is 0.271. The number of aliphatic hydroxyl groups is 1. The van der Waals surface area contributed by atoms with Gasteiger partial charge in [-0.25, -0.2) is 0 Å². The number of hydrogen-bond donors (Lipinski definition) is 3. The molecule has 0 aliphatic rings. The number of benzene rings is 1. The van der Waals surface area contributed by atoms with Crippen LogP contribution in [0.15, 0.2) is 48.6 Å². The van der Waals surface area contributed by atoms with Gasteiger partial charge in [0.15, 0.2) is 0 Å². The highest BCUT2D eigenvalue weighted by molar-refractivity contribution is 5.48. The standard InChI is InChI=1S/C14H19NO.CH4O/c1-4-6-12(5-2)11(3)15-13-7-9-14(16)10-8-13;1-2/h4,6-11,15-16H,1,5H2,2-3H3;2H,1H3/b12-6-;. The van der Waals surface area contributed by atoms with Crippen LogP contribution in [0.4, 0.5) is 5.69 Å². The minimum Gasteiger partial charge on any atom is -0.508 e. The van der Waals surface area contributed by atoms with Crippen LogP contribution in [0.2, 0.25) is 0 Å². The van der Waals surface area contributed by atoms with Gasteiger partial charge in [0, 0.05) is 18.8 Å². The molecule has 0 aliphatic heterocycles. The highest BCUT2D eigenvalue weighted by Crippen LogP contribution is 2.17. The van der Waals surface area contributed by atoms with Crippen molar-refractivity contribution in [1.29, 1.82) is 0 Å².